The number of halogens is 5. The van der Waals surface area contributed by atoms with E-state index in [1.165, 1.54) is 18.2 Å². The number of rotatable bonds is 4. The fraction of sp³-hybridized carbons (Fsp3) is 0.300. The lowest BCUT2D eigenvalue weighted by Crippen LogP contribution is -2.36. The van der Waals surface area contributed by atoms with Gasteiger partial charge in [0.05, 0.1) is 6.54 Å². The molecule has 0 aromatic heterocycles. The van der Waals surface area contributed by atoms with Crippen molar-refractivity contribution < 1.29 is 23.1 Å². The highest BCUT2D eigenvalue weighted by atomic mass is 79.9. The van der Waals surface area contributed by atoms with Crippen LogP contribution in [-0.2, 0) is 4.79 Å². The molecule has 2 N–H and O–H groups in total. The molecular weight excluding hydrogens is 338 g/mol. The van der Waals surface area contributed by atoms with Gasteiger partial charge in [-0.05, 0) is 23.8 Å². The van der Waals surface area contributed by atoms with Crippen molar-refractivity contribution in [1.29, 1.82) is 0 Å². The molecule has 1 unspecified atom stereocenters. The quantitative estimate of drug-likeness (QED) is 0.879. The Balaban J connectivity index is 2.98. The molecule has 0 bridgehead atoms. The van der Waals surface area contributed by atoms with Gasteiger partial charge in [-0.1, -0.05) is 27.5 Å². The van der Waals surface area contributed by atoms with Gasteiger partial charge < -0.3 is 5.11 Å². The van der Waals surface area contributed by atoms with Crippen molar-refractivity contribution in [2.45, 2.75) is 12.2 Å². The van der Waals surface area contributed by atoms with Gasteiger partial charge in [0.2, 0.25) is 0 Å². The SMILES string of the molecule is O=C(O)C(NCC(F)(F)F)c1cc(Cl)ccc1Br. The van der Waals surface area contributed by atoms with E-state index in [2.05, 4.69) is 15.9 Å². The molecule has 0 saturated heterocycles. The van der Waals surface area contributed by atoms with E-state index < -0.39 is 24.7 Å². The molecule has 0 aliphatic carbocycles. The summed E-state index contributed by atoms with van der Waals surface area (Å²) in [6.07, 6.45) is -4.49. The Morgan fingerprint density at radius 2 is 2.11 bits per heavy atom. The van der Waals surface area contributed by atoms with Crippen LogP contribution >= 0.6 is 27.5 Å². The normalized spacial score (nSPS) is 13.4. The highest BCUT2D eigenvalue weighted by Crippen LogP contribution is 2.27. The summed E-state index contributed by atoms with van der Waals surface area (Å²) in [5.41, 5.74) is 0.138. The first kappa shape index (κ1) is 15.3. The van der Waals surface area contributed by atoms with Crippen molar-refractivity contribution in [3.63, 3.8) is 0 Å². The van der Waals surface area contributed by atoms with E-state index in [0.29, 0.717) is 4.47 Å². The van der Waals surface area contributed by atoms with Crippen molar-refractivity contribution >= 4 is 33.5 Å². The Hall–Kier alpha value is -0.790. The molecule has 0 spiro atoms. The standard InChI is InChI=1S/C10H8BrClF3NO2/c11-7-2-1-5(12)3-6(7)8(9(17)18)16-4-10(13,14)15/h1-3,8,16H,4H2,(H,17,18). The van der Waals surface area contributed by atoms with Crippen molar-refractivity contribution in [3.05, 3.63) is 33.3 Å². The van der Waals surface area contributed by atoms with E-state index in [0.717, 1.165) is 0 Å². The molecule has 1 aromatic carbocycles. The maximum absolute atomic E-state index is 12.1. The second-order valence-corrected chi connectivity index (χ2v) is 4.72. The lowest BCUT2D eigenvalue weighted by atomic mass is 10.1. The second kappa shape index (κ2) is 5.90. The predicted molar refractivity (Wildman–Crippen MR) is 63.6 cm³/mol. The van der Waals surface area contributed by atoms with Gasteiger partial charge in [-0.15, -0.1) is 0 Å². The molecule has 18 heavy (non-hydrogen) atoms. The Kier molecular flexibility index (Phi) is 5.01. The Labute approximate surface area is 114 Å². The summed E-state index contributed by atoms with van der Waals surface area (Å²) >= 11 is 8.77. The van der Waals surface area contributed by atoms with E-state index in [1.807, 2.05) is 5.32 Å². The fourth-order valence-corrected chi connectivity index (χ4v) is 1.94. The van der Waals surface area contributed by atoms with Crippen LogP contribution in [-0.4, -0.2) is 23.8 Å². The minimum absolute atomic E-state index is 0.138. The lowest BCUT2D eigenvalue weighted by molar-refractivity contribution is -0.143. The van der Waals surface area contributed by atoms with Crippen molar-refractivity contribution in [3.8, 4) is 0 Å². The summed E-state index contributed by atoms with van der Waals surface area (Å²) in [4.78, 5) is 11.0. The predicted octanol–water partition coefficient (Wildman–Crippen LogP) is 3.38. The Bertz CT molecular complexity index is 453. The third-order valence-corrected chi connectivity index (χ3v) is 2.98. The van der Waals surface area contributed by atoms with Crippen LogP contribution in [0.3, 0.4) is 0 Å². The third kappa shape index (κ3) is 4.47. The molecule has 0 heterocycles. The molecule has 1 atom stereocenters. The summed E-state index contributed by atoms with van der Waals surface area (Å²) in [6, 6.07) is 2.79. The van der Waals surface area contributed by atoms with Crippen LogP contribution < -0.4 is 5.32 Å². The molecular formula is C10H8BrClF3NO2. The van der Waals surface area contributed by atoms with Crippen LogP contribution in [0.25, 0.3) is 0 Å². The topological polar surface area (TPSA) is 49.3 Å². The monoisotopic (exact) mass is 345 g/mol. The number of benzene rings is 1. The van der Waals surface area contributed by atoms with Gasteiger partial charge in [0.25, 0.3) is 0 Å². The average molecular weight is 347 g/mol. The highest BCUT2D eigenvalue weighted by Gasteiger charge is 2.31. The molecule has 3 nitrogen and oxygen atoms in total. The molecule has 0 amide bonds. The molecule has 0 radical (unpaired) electrons. The minimum atomic E-state index is -4.49. The molecule has 100 valence electrons. The number of hydrogen-bond donors (Lipinski definition) is 2. The van der Waals surface area contributed by atoms with Gasteiger partial charge in [-0.2, -0.15) is 13.2 Å². The maximum Gasteiger partial charge on any atom is 0.401 e. The summed E-state index contributed by atoms with van der Waals surface area (Å²) in [6.45, 7) is -1.40. The van der Waals surface area contributed by atoms with Crippen LogP contribution in [0.1, 0.15) is 11.6 Å². The zero-order valence-electron chi connectivity index (χ0n) is 8.76. The van der Waals surface area contributed by atoms with Crippen LogP contribution in [0.4, 0.5) is 13.2 Å². The van der Waals surface area contributed by atoms with Crippen LogP contribution in [0.2, 0.25) is 5.02 Å². The molecule has 8 heteroatoms. The van der Waals surface area contributed by atoms with Gasteiger partial charge >= 0.3 is 12.1 Å². The number of carboxylic acid groups (broad SMARTS) is 1. The van der Waals surface area contributed by atoms with Crippen molar-refractivity contribution in [2.24, 2.45) is 0 Å². The first-order valence-electron chi connectivity index (χ1n) is 4.68. The number of carbonyl (C=O) groups is 1. The third-order valence-electron chi connectivity index (χ3n) is 2.02. The van der Waals surface area contributed by atoms with E-state index in [9.17, 15) is 18.0 Å². The van der Waals surface area contributed by atoms with Gasteiger partial charge in [0.15, 0.2) is 0 Å². The van der Waals surface area contributed by atoms with Gasteiger partial charge in [-0.3, -0.25) is 10.1 Å². The molecule has 0 fully saturated rings. The summed E-state index contributed by atoms with van der Waals surface area (Å²) in [5.74, 6) is -1.41. The number of nitrogens with one attached hydrogen (secondary N) is 1. The summed E-state index contributed by atoms with van der Waals surface area (Å²) in [5, 5.41) is 11.1. The molecule has 1 rings (SSSR count). The average Bonchev–Trinajstić information content (AvgIpc) is 2.21. The van der Waals surface area contributed by atoms with Crippen molar-refractivity contribution in [2.75, 3.05) is 6.54 Å². The van der Waals surface area contributed by atoms with E-state index in [4.69, 9.17) is 16.7 Å². The first-order chi connectivity index (χ1) is 8.20. The summed E-state index contributed by atoms with van der Waals surface area (Å²) in [7, 11) is 0. The fourth-order valence-electron chi connectivity index (χ4n) is 1.28. The summed E-state index contributed by atoms with van der Waals surface area (Å²) < 4.78 is 36.6. The lowest BCUT2D eigenvalue weighted by Gasteiger charge is -2.17. The second-order valence-electron chi connectivity index (χ2n) is 3.43. The molecule has 0 aliphatic rings. The van der Waals surface area contributed by atoms with Crippen LogP contribution in [0, 0.1) is 0 Å². The largest absolute Gasteiger partial charge is 0.480 e. The zero-order valence-corrected chi connectivity index (χ0v) is 11.1. The molecule has 0 aliphatic heterocycles. The van der Waals surface area contributed by atoms with Crippen molar-refractivity contribution in [1.82, 2.24) is 5.32 Å². The first-order valence-corrected chi connectivity index (χ1v) is 5.85. The van der Waals surface area contributed by atoms with Crippen LogP contribution in [0.15, 0.2) is 22.7 Å². The smallest absolute Gasteiger partial charge is 0.401 e. The van der Waals surface area contributed by atoms with Crippen LogP contribution in [0.5, 0.6) is 0 Å². The number of carboxylic acids is 1. The Morgan fingerprint density at radius 3 is 2.61 bits per heavy atom. The number of hydrogen-bond acceptors (Lipinski definition) is 2. The maximum atomic E-state index is 12.1. The minimum Gasteiger partial charge on any atom is -0.480 e. The zero-order chi connectivity index (χ0) is 13.9. The van der Waals surface area contributed by atoms with E-state index >= 15 is 0 Å². The highest BCUT2D eigenvalue weighted by molar-refractivity contribution is 9.10. The van der Waals surface area contributed by atoms with E-state index in [1.54, 1.807) is 0 Å². The molecule has 1 aromatic rings. The van der Waals surface area contributed by atoms with Gasteiger partial charge in [0.1, 0.15) is 6.04 Å². The number of aliphatic carboxylic acids is 1. The Morgan fingerprint density at radius 1 is 1.50 bits per heavy atom. The van der Waals surface area contributed by atoms with Gasteiger partial charge in [-0.25, -0.2) is 0 Å². The van der Waals surface area contributed by atoms with Gasteiger partial charge in [0, 0.05) is 9.50 Å². The number of alkyl halides is 3. The van der Waals surface area contributed by atoms with E-state index in [-0.39, 0.29) is 10.6 Å². The molecule has 0 saturated carbocycles.